The Hall–Kier alpha value is -1.15. The Morgan fingerprint density at radius 1 is 1.47 bits per heavy atom. The first kappa shape index (κ1) is 9.10. The highest BCUT2D eigenvalue weighted by atomic mass is 16.1. The number of Topliss-reactive ketones (excluding diaryl/α,β-unsaturated/α-hetero) is 1. The highest BCUT2D eigenvalue weighted by Gasteiger charge is 2.36. The minimum Gasteiger partial charge on any atom is -0.296 e. The van der Waals surface area contributed by atoms with Crippen LogP contribution >= 0.6 is 0 Å². The summed E-state index contributed by atoms with van der Waals surface area (Å²) in [4.78, 5) is 14.3. The summed E-state index contributed by atoms with van der Waals surface area (Å²) in [6.45, 7) is 4.33. The van der Waals surface area contributed by atoms with E-state index >= 15 is 0 Å². The van der Waals surface area contributed by atoms with Gasteiger partial charge in [-0.2, -0.15) is 0 Å². The summed E-state index contributed by atoms with van der Waals surface area (Å²) in [7, 11) is 0. The molecule has 0 saturated carbocycles. The minimum atomic E-state index is 0.331. The first-order chi connectivity index (χ1) is 7.31. The van der Waals surface area contributed by atoms with Crippen LogP contribution in [0.4, 0.5) is 0 Å². The Balaban J connectivity index is 2.16. The smallest absolute Gasteiger partial charge is 0.165 e. The van der Waals surface area contributed by atoms with Gasteiger partial charge in [-0.15, -0.1) is 0 Å². The van der Waals surface area contributed by atoms with Crippen LogP contribution in [0.15, 0.2) is 18.2 Å². The number of benzene rings is 1. The molecule has 2 heteroatoms. The van der Waals surface area contributed by atoms with Crippen molar-refractivity contribution in [3.63, 3.8) is 0 Å². The van der Waals surface area contributed by atoms with E-state index < -0.39 is 0 Å². The van der Waals surface area contributed by atoms with Gasteiger partial charge in [0.25, 0.3) is 0 Å². The van der Waals surface area contributed by atoms with E-state index in [9.17, 15) is 4.79 Å². The van der Waals surface area contributed by atoms with Crippen molar-refractivity contribution in [2.75, 3.05) is 13.1 Å². The summed E-state index contributed by atoms with van der Waals surface area (Å²) in [6, 6.07) is 6.57. The van der Waals surface area contributed by atoms with Crippen LogP contribution in [-0.2, 0) is 6.42 Å². The van der Waals surface area contributed by atoms with Gasteiger partial charge in [-0.25, -0.2) is 0 Å². The molecule has 0 bridgehead atoms. The molecule has 0 saturated heterocycles. The van der Waals surface area contributed by atoms with Crippen molar-refractivity contribution in [3.05, 3.63) is 34.9 Å². The molecule has 1 unspecified atom stereocenters. The van der Waals surface area contributed by atoms with Gasteiger partial charge in [0, 0.05) is 24.6 Å². The summed E-state index contributed by atoms with van der Waals surface area (Å²) >= 11 is 0. The second-order valence-electron chi connectivity index (χ2n) is 4.40. The quantitative estimate of drug-likeness (QED) is 0.694. The van der Waals surface area contributed by atoms with Crippen molar-refractivity contribution >= 4 is 5.78 Å². The maximum Gasteiger partial charge on any atom is 0.165 e. The first-order valence-corrected chi connectivity index (χ1v) is 5.70. The van der Waals surface area contributed by atoms with Crippen LogP contribution in [0, 0.1) is 0 Å². The Kier molecular flexibility index (Phi) is 1.93. The zero-order chi connectivity index (χ0) is 10.4. The molecule has 0 amide bonds. The highest BCUT2D eigenvalue weighted by Crippen LogP contribution is 2.40. The number of nitrogens with zero attached hydrogens (tertiary/aromatic N) is 1. The van der Waals surface area contributed by atoms with Gasteiger partial charge in [0.1, 0.15) is 0 Å². The van der Waals surface area contributed by atoms with E-state index in [1.54, 1.807) is 0 Å². The molecule has 1 aliphatic heterocycles. The molecule has 2 nitrogen and oxygen atoms in total. The number of carbonyl (C=O) groups excluding carboxylic acids is 1. The van der Waals surface area contributed by atoms with Gasteiger partial charge in [0.05, 0.1) is 0 Å². The second-order valence-corrected chi connectivity index (χ2v) is 4.40. The van der Waals surface area contributed by atoms with Gasteiger partial charge in [-0.1, -0.05) is 25.1 Å². The molecular formula is C13H15NO. The van der Waals surface area contributed by atoms with E-state index in [0.717, 1.165) is 25.1 Å². The largest absolute Gasteiger partial charge is 0.296 e. The van der Waals surface area contributed by atoms with Crippen LogP contribution in [-0.4, -0.2) is 23.8 Å². The second kappa shape index (κ2) is 3.17. The lowest BCUT2D eigenvalue weighted by Crippen LogP contribution is -2.33. The Morgan fingerprint density at radius 2 is 2.33 bits per heavy atom. The van der Waals surface area contributed by atoms with Crippen molar-refractivity contribution in [2.45, 2.75) is 25.8 Å². The fourth-order valence-corrected chi connectivity index (χ4v) is 2.97. The molecule has 0 spiro atoms. The third-order valence-electron chi connectivity index (χ3n) is 3.72. The number of likely N-dealkylation sites (N-methyl/N-ethyl adjacent to an activating group) is 1. The van der Waals surface area contributed by atoms with Crippen LogP contribution in [0.2, 0.25) is 0 Å². The van der Waals surface area contributed by atoms with E-state index in [4.69, 9.17) is 0 Å². The third-order valence-corrected chi connectivity index (χ3v) is 3.72. The standard InChI is InChI=1S/C13H15NO/c1-2-14-7-6-9-4-3-5-10-12(15)8-11(14)13(9)10/h3-5,11H,2,6-8H2,1H3. The molecule has 2 aliphatic rings. The molecule has 1 aliphatic carbocycles. The number of hydrogen-bond acceptors (Lipinski definition) is 2. The van der Waals surface area contributed by atoms with Gasteiger partial charge in [0.2, 0.25) is 0 Å². The SMILES string of the molecule is CCN1CCc2cccc3c2C1CC3=O. The number of rotatable bonds is 1. The summed E-state index contributed by atoms with van der Waals surface area (Å²) < 4.78 is 0. The highest BCUT2D eigenvalue weighted by molar-refractivity contribution is 6.01. The molecule has 3 rings (SSSR count). The summed E-state index contributed by atoms with van der Waals surface area (Å²) in [5.74, 6) is 0.331. The van der Waals surface area contributed by atoms with E-state index in [1.165, 1.54) is 11.1 Å². The molecule has 0 fully saturated rings. The van der Waals surface area contributed by atoms with Crippen LogP contribution in [0.25, 0.3) is 0 Å². The lowest BCUT2D eigenvalue weighted by Gasteiger charge is -2.33. The zero-order valence-electron chi connectivity index (χ0n) is 8.99. The summed E-state index contributed by atoms with van der Waals surface area (Å²) in [6.07, 6.45) is 1.79. The maximum atomic E-state index is 11.8. The molecule has 1 atom stereocenters. The van der Waals surface area contributed by atoms with Crippen molar-refractivity contribution in [3.8, 4) is 0 Å². The molecule has 1 aromatic carbocycles. The zero-order valence-corrected chi connectivity index (χ0v) is 8.99. The third kappa shape index (κ3) is 1.18. The number of carbonyl (C=O) groups is 1. The van der Waals surface area contributed by atoms with E-state index in [1.807, 2.05) is 12.1 Å². The van der Waals surface area contributed by atoms with Crippen molar-refractivity contribution in [1.82, 2.24) is 4.90 Å². The monoisotopic (exact) mass is 201 g/mol. The van der Waals surface area contributed by atoms with Crippen LogP contribution in [0.5, 0.6) is 0 Å². The van der Waals surface area contributed by atoms with Crippen molar-refractivity contribution < 1.29 is 4.79 Å². The lowest BCUT2D eigenvalue weighted by atomic mass is 9.93. The Labute approximate surface area is 89.9 Å². The molecule has 78 valence electrons. The van der Waals surface area contributed by atoms with Crippen LogP contribution < -0.4 is 0 Å². The minimum absolute atomic E-state index is 0.331. The molecule has 0 radical (unpaired) electrons. The van der Waals surface area contributed by atoms with E-state index in [2.05, 4.69) is 17.9 Å². The molecular weight excluding hydrogens is 186 g/mol. The van der Waals surface area contributed by atoms with E-state index in [0.29, 0.717) is 18.2 Å². The summed E-state index contributed by atoms with van der Waals surface area (Å²) in [5, 5.41) is 0. The van der Waals surface area contributed by atoms with Crippen molar-refractivity contribution in [2.24, 2.45) is 0 Å². The first-order valence-electron chi connectivity index (χ1n) is 5.70. The fraction of sp³-hybridized carbons (Fsp3) is 0.462. The number of hydrogen-bond donors (Lipinski definition) is 0. The van der Waals surface area contributed by atoms with Crippen molar-refractivity contribution in [1.29, 1.82) is 0 Å². The van der Waals surface area contributed by atoms with Gasteiger partial charge in [-0.3, -0.25) is 9.69 Å². The predicted octanol–water partition coefficient (Wildman–Crippen LogP) is 2.19. The van der Waals surface area contributed by atoms with Gasteiger partial charge in [0.15, 0.2) is 5.78 Å². The Morgan fingerprint density at radius 3 is 3.13 bits per heavy atom. The molecule has 0 aromatic heterocycles. The summed E-state index contributed by atoms with van der Waals surface area (Å²) in [5.41, 5.74) is 3.71. The normalized spacial score (nSPS) is 24.3. The molecule has 1 aromatic rings. The topological polar surface area (TPSA) is 20.3 Å². The lowest BCUT2D eigenvalue weighted by molar-refractivity contribution is 0.0953. The van der Waals surface area contributed by atoms with Crippen LogP contribution in [0.1, 0.15) is 40.9 Å². The van der Waals surface area contributed by atoms with Gasteiger partial charge >= 0.3 is 0 Å². The fourth-order valence-electron chi connectivity index (χ4n) is 2.97. The van der Waals surface area contributed by atoms with Gasteiger partial charge < -0.3 is 0 Å². The average molecular weight is 201 g/mol. The molecule has 15 heavy (non-hydrogen) atoms. The van der Waals surface area contributed by atoms with Gasteiger partial charge in [-0.05, 0) is 24.1 Å². The molecule has 0 N–H and O–H groups in total. The predicted molar refractivity (Wildman–Crippen MR) is 59.1 cm³/mol. The number of ketones is 1. The molecule has 1 heterocycles. The van der Waals surface area contributed by atoms with E-state index in [-0.39, 0.29) is 0 Å². The Bertz CT molecular complexity index is 425. The average Bonchev–Trinajstić information content (AvgIpc) is 2.60. The maximum absolute atomic E-state index is 11.8. The van der Waals surface area contributed by atoms with Crippen LogP contribution in [0.3, 0.4) is 0 Å².